The van der Waals surface area contributed by atoms with E-state index in [-0.39, 0.29) is 34.3 Å². The molecule has 1 atom stereocenters. The predicted molar refractivity (Wildman–Crippen MR) is 122 cm³/mol. The molecule has 0 amide bonds. The maximum atomic E-state index is 13.9. The molecule has 182 valence electrons. The van der Waals surface area contributed by atoms with E-state index in [4.69, 9.17) is 18.9 Å². The molecule has 1 aliphatic rings. The van der Waals surface area contributed by atoms with Crippen molar-refractivity contribution in [1.29, 1.82) is 0 Å². The van der Waals surface area contributed by atoms with Crippen LogP contribution in [0.25, 0.3) is 0 Å². The smallest absolute Gasteiger partial charge is 0.355 e. The number of nitrogens with one attached hydrogen (secondary N) is 1. The number of nitrogens with zero attached hydrogens (tertiary/aromatic N) is 4. The highest BCUT2D eigenvalue weighted by atomic mass is 16.5. The van der Waals surface area contributed by atoms with Gasteiger partial charge in [-0.15, -0.1) is 0 Å². The van der Waals surface area contributed by atoms with Gasteiger partial charge in [0.2, 0.25) is 5.95 Å². The summed E-state index contributed by atoms with van der Waals surface area (Å²) in [6.45, 7) is 2.08. The molecule has 12 nitrogen and oxygen atoms in total. The van der Waals surface area contributed by atoms with E-state index in [2.05, 4.69) is 20.8 Å². The molecule has 0 spiro atoms. The molecule has 4 rings (SSSR count). The van der Waals surface area contributed by atoms with Gasteiger partial charge in [-0.2, -0.15) is 4.68 Å². The molecule has 2 aromatic carbocycles. The molecule has 0 fully saturated rings. The van der Waals surface area contributed by atoms with E-state index in [0.29, 0.717) is 23.7 Å². The van der Waals surface area contributed by atoms with Gasteiger partial charge in [0.15, 0.2) is 28.8 Å². The van der Waals surface area contributed by atoms with Crippen LogP contribution in [0.5, 0.6) is 23.0 Å². The number of ketones is 1. The summed E-state index contributed by atoms with van der Waals surface area (Å²) in [6.07, 6.45) is 0. The average molecular weight is 481 g/mol. The lowest BCUT2D eigenvalue weighted by Crippen LogP contribution is -2.33. The van der Waals surface area contributed by atoms with E-state index in [9.17, 15) is 14.7 Å². The van der Waals surface area contributed by atoms with Crippen molar-refractivity contribution < 1.29 is 33.6 Å². The number of tetrazole rings is 1. The number of benzene rings is 2. The Balaban J connectivity index is 1.94. The number of allylic oxidation sites excluding steroid dienone is 1. The number of hydrogen-bond acceptors (Lipinski definition) is 11. The molecule has 2 heterocycles. The van der Waals surface area contributed by atoms with E-state index < -0.39 is 17.8 Å². The topological polar surface area (TPSA) is 147 Å². The van der Waals surface area contributed by atoms with Gasteiger partial charge < -0.3 is 29.4 Å². The highest BCUT2D eigenvalue weighted by Crippen LogP contribution is 2.40. The Labute approximate surface area is 200 Å². The number of phenolic OH excluding ortho intramolecular Hbond substituents is 1. The van der Waals surface area contributed by atoms with Gasteiger partial charge in [0.05, 0.1) is 33.5 Å². The van der Waals surface area contributed by atoms with Crippen LogP contribution in [0, 0.1) is 0 Å². The third kappa shape index (κ3) is 4.21. The van der Waals surface area contributed by atoms with Crippen molar-refractivity contribution in [2.45, 2.75) is 13.0 Å². The second-order valence-electron chi connectivity index (χ2n) is 7.31. The fourth-order valence-corrected chi connectivity index (χ4v) is 3.80. The number of anilines is 1. The van der Waals surface area contributed by atoms with Crippen LogP contribution < -0.4 is 19.5 Å². The van der Waals surface area contributed by atoms with Gasteiger partial charge in [0.1, 0.15) is 11.7 Å². The number of methoxy groups -OCH3 is 3. The molecule has 1 aliphatic heterocycles. The number of esters is 1. The number of Topliss-reactive ketones (excluding diaryl/α,β-unsaturated/α-hetero) is 1. The zero-order chi connectivity index (χ0) is 25.1. The minimum atomic E-state index is -0.948. The van der Waals surface area contributed by atoms with Gasteiger partial charge >= 0.3 is 5.97 Å². The number of rotatable bonds is 8. The molecule has 0 saturated heterocycles. The lowest BCUT2D eigenvalue weighted by Gasteiger charge is -2.28. The van der Waals surface area contributed by atoms with Crippen LogP contribution in [-0.2, 0) is 9.53 Å². The lowest BCUT2D eigenvalue weighted by atomic mass is 9.89. The molecule has 0 unspecified atom stereocenters. The summed E-state index contributed by atoms with van der Waals surface area (Å²) >= 11 is 0. The number of aromatic nitrogens is 4. The quantitative estimate of drug-likeness (QED) is 0.360. The summed E-state index contributed by atoms with van der Waals surface area (Å²) in [4.78, 5) is 26.7. The van der Waals surface area contributed by atoms with Gasteiger partial charge in [0, 0.05) is 5.56 Å². The number of aromatic hydroxyl groups is 1. The maximum Gasteiger partial charge on any atom is 0.355 e. The summed E-state index contributed by atoms with van der Waals surface area (Å²) in [5.41, 5.74) is 0.625. The third-order valence-electron chi connectivity index (χ3n) is 5.40. The number of ether oxygens (including phenoxy) is 4. The van der Waals surface area contributed by atoms with Crippen LogP contribution in [0.3, 0.4) is 0 Å². The van der Waals surface area contributed by atoms with Crippen LogP contribution in [0.1, 0.15) is 28.9 Å². The second-order valence-corrected chi connectivity index (χ2v) is 7.31. The van der Waals surface area contributed by atoms with Crippen molar-refractivity contribution in [2.75, 3.05) is 33.3 Å². The molecule has 1 aromatic heterocycles. The summed E-state index contributed by atoms with van der Waals surface area (Å²) in [5.74, 6) is -0.252. The molecule has 0 radical (unpaired) electrons. The van der Waals surface area contributed by atoms with Gasteiger partial charge in [0.25, 0.3) is 0 Å². The predicted octanol–water partition coefficient (Wildman–Crippen LogP) is 2.12. The van der Waals surface area contributed by atoms with E-state index in [1.165, 1.54) is 38.1 Å². The average Bonchev–Trinajstić information content (AvgIpc) is 3.36. The Bertz CT molecular complexity index is 1320. The molecule has 12 heteroatoms. The summed E-state index contributed by atoms with van der Waals surface area (Å²) < 4.78 is 22.4. The Hall–Kier alpha value is -4.61. The van der Waals surface area contributed by atoms with Crippen molar-refractivity contribution in [3.8, 4) is 23.0 Å². The first-order chi connectivity index (χ1) is 16.9. The summed E-state index contributed by atoms with van der Waals surface area (Å²) in [6, 6.07) is 8.30. The van der Waals surface area contributed by atoms with E-state index in [1.807, 2.05) is 0 Å². The number of hydrogen-bond donors (Lipinski definition) is 2. The number of fused-ring (bicyclic) bond motifs is 1. The van der Waals surface area contributed by atoms with Crippen LogP contribution in [-0.4, -0.2) is 65.0 Å². The SMILES string of the molecule is CCOc1cc([C@@H]2C(C(=O)c3ccc(OC)c(OC)c3)=C(C(=O)OC)Nc3nnnn32)ccc1O. The van der Waals surface area contributed by atoms with Crippen LogP contribution in [0.4, 0.5) is 5.95 Å². The number of carbonyl (C=O) groups is 2. The molecule has 0 aliphatic carbocycles. The molecule has 3 aromatic rings. The van der Waals surface area contributed by atoms with Crippen molar-refractivity contribution in [2.24, 2.45) is 0 Å². The fourth-order valence-electron chi connectivity index (χ4n) is 3.80. The highest BCUT2D eigenvalue weighted by Gasteiger charge is 2.39. The largest absolute Gasteiger partial charge is 0.504 e. The molecule has 0 saturated carbocycles. The standard InChI is InChI=1S/C23H23N5O7/c1-5-35-16-10-12(6-8-14(16)29)20-18(19(22(31)34-4)24-23-25-26-27-28(20)23)21(30)13-7-9-15(32-2)17(11-13)33-3/h6-11,20,29H,5H2,1-4H3,(H,24,25,27)/t20-/m1/s1. The molecule has 35 heavy (non-hydrogen) atoms. The number of carbonyl (C=O) groups excluding carboxylic acids is 2. The zero-order valence-electron chi connectivity index (χ0n) is 19.4. The second kappa shape index (κ2) is 9.71. The fraction of sp³-hybridized carbons (Fsp3) is 0.261. The first kappa shape index (κ1) is 23.5. The third-order valence-corrected chi connectivity index (χ3v) is 5.40. The molecule has 0 bridgehead atoms. The Morgan fingerprint density at radius 2 is 1.83 bits per heavy atom. The van der Waals surface area contributed by atoms with Gasteiger partial charge in [-0.25, -0.2) is 4.79 Å². The minimum Gasteiger partial charge on any atom is -0.504 e. The van der Waals surface area contributed by atoms with Gasteiger partial charge in [-0.3, -0.25) is 4.79 Å². The Kier molecular flexibility index (Phi) is 6.53. The van der Waals surface area contributed by atoms with Crippen LogP contribution >= 0.6 is 0 Å². The normalized spacial score (nSPS) is 14.6. The van der Waals surface area contributed by atoms with Crippen molar-refractivity contribution in [3.63, 3.8) is 0 Å². The molecular weight excluding hydrogens is 458 g/mol. The molecular formula is C23H23N5O7. The Morgan fingerprint density at radius 1 is 1.06 bits per heavy atom. The van der Waals surface area contributed by atoms with E-state index in [1.54, 1.807) is 31.2 Å². The van der Waals surface area contributed by atoms with Gasteiger partial charge in [-0.05, 0) is 53.2 Å². The summed E-state index contributed by atoms with van der Waals surface area (Å²) in [7, 11) is 4.14. The lowest BCUT2D eigenvalue weighted by molar-refractivity contribution is -0.136. The molecule has 2 N–H and O–H groups in total. The number of phenols is 1. The monoisotopic (exact) mass is 481 g/mol. The summed E-state index contributed by atoms with van der Waals surface area (Å²) in [5, 5.41) is 24.6. The van der Waals surface area contributed by atoms with Crippen LogP contribution in [0.2, 0.25) is 0 Å². The zero-order valence-corrected chi connectivity index (χ0v) is 19.4. The van der Waals surface area contributed by atoms with Crippen molar-refractivity contribution in [3.05, 3.63) is 58.8 Å². The van der Waals surface area contributed by atoms with Crippen molar-refractivity contribution >= 4 is 17.7 Å². The minimum absolute atomic E-state index is 0.0250. The van der Waals surface area contributed by atoms with Crippen molar-refractivity contribution in [1.82, 2.24) is 20.2 Å². The first-order valence-corrected chi connectivity index (χ1v) is 10.5. The van der Waals surface area contributed by atoms with E-state index in [0.717, 1.165) is 0 Å². The maximum absolute atomic E-state index is 13.9. The Morgan fingerprint density at radius 3 is 2.51 bits per heavy atom. The van der Waals surface area contributed by atoms with Gasteiger partial charge in [-0.1, -0.05) is 11.2 Å². The van der Waals surface area contributed by atoms with Crippen LogP contribution in [0.15, 0.2) is 47.7 Å². The highest BCUT2D eigenvalue weighted by molar-refractivity contribution is 6.15. The van der Waals surface area contributed by atoms with E-state index >= 15 is 0 Å². The first-order valence-electron chi connectivity index (χ1n) is 10.5.